The van der Waals surface area contributed by atoms with Gasteiger partial charge in [-0.2, -0.15) is 0 Å². The number of anilines is 2. The summed E-state index contributed by atoms with van der Waals surface area (Å²) in [6, 6.07) is 2.02. The Labute approximate surface area is 96.5 Å². The van der Waals surface area contributed by atoms with E-state index in [1.165, 1.54) is 0 Å². The van der Waals surface area contributed by atoms with Crippen LogP contribution in [0.3, 0.4) is 0 Å². The molecule has 1 fully saturated rings. The Hall–Kier alpha value is -1.36. The molecule has 16 heavy (non-hydrogen) atoms. The predicted molar refractivity (Wildman–Crippen MR) is 65.9 cm³/mol. The number of hydrogen-bond donors (Lipinski definition) is 1. The van der Waals surface area contributed by atoms with Gasteiger partial charge in [-0.1, -0.05) is 0 Å². The smallest absolute Gasteiger partial charge is 0.134 e. The maximum Gasteiger partial charge on any atom is 0.134 e. The van der Waals surface area contributed by atoms with Gasteiger partial charge in [0.15, 0.2) is 0 Å². The molecular formula is C11H19N5. The van der Waals surface area contributed by atoms with E-state index in [-0.39, 0.29) is 0 Å². The normalized spacial score (nSPS) is 17.5. The summed E-state index contributed by atoms with van der Waals surface area (Å²) < 4.78 is 0. The zero-order chi connectivity index (χ0) is 11.4. The van der Waals surface area contributed by atoms with E-state index in [9.17, 15) is 0 Å². The van der Waals surface area contributed by atoms with Crippen LogP contribution in [0.5, 0.6) is 0 Å². The molecule has 2 heterocycles. The molecule has 0 unspecified atom stereocenters. The van der Waals surface area contributed by atoms with Crippen LogP contribution in [-0.2, 0) is 0 Å². The third-order valence-corrected chi connectivity index (χ3v) is 2.84. The molecular weight excluding hydrogens is 202 g/mol. The van der Waals surface area contributed by atoms with E-state index in [2.05, 4.69) is 39.1 Å². The molecule has 0 radical (unpaired) electrons. The molecule has 0 atom stereocenters. The summed E-state index contributed by atoms with van der Waals surface area (Å²) in [5.41, 5.74) is 0. The Morgan fingerprint density at radius 1 is 1.25 bits per heavy atom. The zero-order valence-electron chi connectivity index (χ0n) is 9.98. The molecule has 0 aliphatic carbocycles. The van der Waals surface area contributed by atoms with Crippen molar-refractivity contribution in [2.24, 2.45) is 0 Å². The minimum absolute atomic E-state index is 0.888. The van der Waals surface area contributed by atoms with Crippen molar-refractivity contribution in [3.05, 3.63) is 12.4 Å². The second kappa shape index (κ2) is 5.12. The Morgan fingerprint density at radius 2 is 2.00 bits per heavy atom. The van der Waals surface area contributed by atoms with Crippen LogP contribution in [0.15, 0.2) is 12.4 Å². The van der Waals surface area contributed by atoms with Gasteiger partial charge in [0.1, 0.15) is 18.0 Å². The van der Waals surface area contributed by atoms with Crippen LogP contribution < -0.4 is 10.2 Å². The van der Waals surface area contributed by atoms with E-state index in [1.807, 2.05) is 6.07 Å². The summed E-state index contributed by atoms with van der Waals surface area (Å²) in [7, 11) is 2.15. The SMILES string of the molecule is CCNc1cc(N2CCN(C)CC2)ncn1. The van der Waals surface area contributed by atoms with Gasteiger partial charge < -0.3 is 15.1 Å². The zero-order valence-corrected chi connectivity index (χ0v) is 9.98. The quantitative estimate of drug-likeness (QED) is 0.812. The summed E-state index contributed by atoms with van der Waals surface area (Å²) in [6.45, 7) is 7.23. The number of rotatable bonds is 3. The van der Waals surface area contributed by atoms with Crippen LogP contribution in [0.4, 0.5) is 11.6 Å². The summed E-state index contributed by atoms with van der Waals surface area (Å²) in [4.78, 5) is 13.2. The second-order valence-corrected chi connectivity index (χ2v) is 4.08. The van der Waals surface area contributed by atoms with E-state index in [0.29, 0.717) is 0 Å². The summed E-state index contributed by atoms with van der Waals surface area (Å²) in [5, 5.41) is 3.21. The molecule has 1 aliphatic rings. The molecule has 2 rings (SSSR count). The maximum absolute atomic E-state index is 4.33. The molecule has 1 saturated heterocycles. The molecule has 0 bridgehead atoms. The van der Waals surface area contributed by atoms with E-state index in [0.717, 1.165) is 44.4 Å². The van der Waals surface area contributed by atoms with E-state index >= 15 is 0 Å². The Bertz CT molecular complexity index is 333. The van der Waals surface area contributed by atoms with Gasteiger partial charge in [0.25, 0.3) is 0 Å². The molecule has 1 aliphatic heterocycles. The fraction of sp³-hybridized carbons (Fsp3) is 0.636. The third-order valence-electron chi connectivity index (χ3n) is 2.84. The first-order valence-corrected chi connectivity index (χ1v) is 5.79. The number of piperazine rings is 1. The summed E-state index contributed by atoms with van der Waals surface area (Å²) in [5.74, 6) is 1.94. The van der Waals surface area contributed by atoms with Gasteiger partial charge >= 0.3 is 0 Å². The first-order valence-electron chi connectivity index (χ1n) is 5.79. The minimum Gasteiger partial charge on any atom is -0.370 e. The van der Waals surface area contributed by atoms with Gasteiger partial charge in [-0.15, -0.1) is 0 Å². The molecule has 5 heteroatoms. The number of likely N-dealkylation sites (N-methyl/N-ethyl adjacent to an activating group) is 1. The predicted octanol–water partition coefficient (Wildman–Crippen LogP) is 0.660. The summed E-state index contributed by atoms with van der Waals surface area (Å²) in [6.07, 6.45) is 1.63. The average Bonchev–Trinajstić information content (AvgIpc) is 2.31. The van der Waals surface area contributed by atoms with Gasteiger partial charge in [0, 0.05) is 38.8 Å². The standard InChI is InChI=1S/C11H19N5/c1-3-12-10-8-11(14-9-13-10)16-6-4-15(2)5-7-16/h8-9H,3-7H2,1-2H3,(H,12,13,14). The number of aromatic nitrogens is 2. The largest absolute Gasteiger partial charge is 0.370 e. The lowest BCUT2D eigenvalue weighted by Crippen LogP contribution is -2.44. The van der Waals surface area contributed by atoms with Crippen molar-refractivity contribution in [2.75, 3.05) is 50.0 Å². The highest BCUT2D eigenvalue weighted by atomic mass is 15.3. The number of nitrogens with zero attached hydrogens (tertiary/aromatic N) is 4. The molecule has 0 spiro atoms. The lowest BCUT2D eigenvalue weighted by molar-refractivity contribution is 0.312. The van der Waals surface area contributed by atoms with Crippen LogP contribution in [0.1, 0.15) is 6.92 Å². The highest BCUT2D eigenvalue weighted by Gasteiger charge is 2.15. The molecule has 0 saturated carbocycles. The molecule has 0 amide bonds. The third kappa shape index (κ3) is 2.61. The highest BCUT2D eigenvalue weighted by Crippen LogP contribution is 2.15. The van der Waals surface area contributed by atoms with Crippen LogP contribution in [0, 0.1) is 0 Å². The molecule has 1 N–H and O–H groups in total. The average molecular weight is 221 g/mol. The lowest BCUT2D eigenvalue weighted by atomic mass is 10.3. The highest BCUT2D eigenvalue weighted by molar-refractivity contribution is 5.48. The van der Waals surface area contributed by atoms with Crippen molar-refractivity contribution in [1.29, 1.82) is 0 Å². The van der Waals surface area contributed by atoms with E-state index < -0.39 is 0 Å². The molecule has 5 nitrogen and oxygen atoms in total. The van der Waals surface area contributed by atoms with Crippen molar-refractivity contribution in [1.82, 2.24) is 14.9 Å². The molecule has 1 aromatic rings. The van der Waals surface area contributed by atoms with Crippen molar-refractivity contribution in [3.63, 3.8) is 0 Å². The van der Waals surface area contributed by atoms with E-state index in [1.54, 1.807) is 6.33 Å². The molecule has 88 valence electrons. The second-order valence-electron chi connectivity index (χ2n) is 4.08. The Kier molecular flexibility index (Phi) is 3.56. The number of hydrogen-bond acceptors (Lipinski definition) is 5. The topological polar surface area (TPSA) is 44.3 Å². The first kappa shape index (κ1) is 11.1. The fourth-order valence-electron chi connectivity index (χ4n) is 1.83. The first-order chi connectivity index (χ1) is 7.79. The summed E-state index contributed by atoms with van der Waals surface area (Å²) >= 11 is 0. The van der Waals surface area contributed by atoms with Crippen LogP contribution in [-0.4, -0.2) is 54.6 Å². The molecule has 0 aromatic carbocycles. The van der Waals surface area contributed by atoms with Crippen molar-refractivity contribution in [2.45, 2.75) is 6.92 Å². The van der Waals surface area contributed by atoms with Gasteiger partial charge in [-0.3, -0.25) is 0 Å². The van der Waals surface area contributed by atoms with Gasteiger partial charge in [0.05, 0.1) is 0 Å². The van der Waals surface area contributed by atoms with Crippen molar-refractivity contribution in [3.8, 4) is 0 Å². The van der Waals surface area contributed by atoms with Gasteiger partial charge in [-0.25, -0.2) is 9.97 Å². The van der Waals surface area contributed by atoms with Crippen LogP contribution in [0.2, 0.25) is 0 Å². The van der Waals surface area contributed by atoms with Gasteiger partial charge in [0.2, 0.25) is 0 Å². The fourth-order valence-corrected chi connectivity index (χ4v) is 1.83. The Morgan fingerprint density at radius 3 is 2.69 bits per heavy atom. The van der Waals surface area contributed by atoms with Gasteiger partial charge in [-0.05, 0) is 14.0 Å². The van der Waals surface area contributed by atoms with Crippen LogP contribution in [0.25, 0.3) is 0 Å². The van der Waals surface area contributed by atoms with Crippen LogP contribution >= 0.6 is 0 Å². The van der Waals surface area contributed by atoms with Crippen molar-refractivity contribution < 1.29 is 0 Å². The maximum atomic E-state index is 4.33. The molecule has 1 aromatic heterocycles. The lowest BCUT2D eigenvalue weighted by Gasteiger charge is -2.33. The minimum atomic E-state index is 0.888. The Balaban J connectivity index is 2.05. The van der Waals surface area contributed by atoms with Crippen molar-refractivity contribution >= 4 is 11.6 Å². The monoisotopic (exact) mass is 221 g/mol. The number of nitrogens with one attached hydrogen (secondary N) is 1. The van der Waals surface area contributed by atoms with E-state index in [4.69, 9.17) is 0 Å².